The van der Waals surface area contributed by atoms with Crippen LogP contribution in [0.15, 0.2) is 0 Å². The maximum atomic E-state index is 15.0. The van der Waals surface area contributed by atoms with Crippen LogP contribution in [0.25, 0.3) is 0 Å². The normalized spacial score (nSPS) is 16.4. The molecule has 0 aliphatic carbocycles. The molecule has 0 aromatic carbocycles. The third-order valence-electron chi connectivity index (χ3n) is 24.1. The number of aliphatic hydroxyl groups is 1. The lowest BCUT2D eigenvalue weighted by atomic mass is 9.95. The molecule has 7 N–H and O–H groups in total. The number of phosphoric acid groups is 1. The minimum absolute atomic E-state index is 0.137. The highest BCUT2D eigenvalue weighted by molar-refractivity contribution is 7.46. The first-order valence-electron chi connectivity index (χ1n) is 51.2. The van der Waals surface area contributed by atoms with Crippen molar-refractivity contribution in [3.05, 3.63) is 0 Å². The summed E-state index contributed by atoms with van der Waals surface area (Å²) in [6.45, 7) is 21.6. The second kappa shape index (κ2) is 85.3. The SMILES string of the molecule is CCCCCCCCCCCCCC(=O)O[C@H](CCCCCCCCCCC)CC(=O)N[C@H]1[C@H](OC[C@H](NC(=O)C[C@@H](CCCCCCCCCCC)OC(=O)CCCCCCCCCCCCC)C(N)=O)O[C@H](CO)[C@@H](OP(=O)(O)O)[C@@H]1OC(=O)C[C@@H](CCCCCCCCCCC)OC(=O)CCCCCCCCCCCCC.CCN(CC)CC. The molecule has 122 heavy (non-hydrogen) atoms. The van der Waals surface area contributed by atoms with Crippen LogP contribution in [-0.2, 0) is 71.1 Å². The molecule has 1 aliphatic heterocycles. The third-order valence-corrected chi connectivity index (χ3v) is 24.6. The van der Waals surface area contributed by atoms with Gasteiger partial charge in [0.05, 0.1) is 32.5 Å². The van der Waals surface area contributed by atoms with Gasteiger partial charge in [-0.3, -0.25) is 38.1 Å². The molecule has 9 atom stereocenters. The molecule has 22 nitrogen and oxygen atoms in total. The van der Waals surface area contributed by atoms with Gasteiger partial charge in [0.25, 0.3) is 0 Å². The first-order valence-corrected chi connectivity index (χ1v) is 52.7. The Hall–Kier alpha value is -3.76. The molecular weight excluding hydrogens is 1560 g/mol. The number of esters is 4. The number of carbonyl (C=O) groups excluding carboxylic acids is 7. The number of nitrogens with zero attached hydrogens (tertiary/aromatic N) is 1. The van der Waals surface area contributed by atoms with Gasteiger partial charge in [-0.25, -0.2) is 4.57 Å². The number of nitrogens with two attached hydrogens (primary N) is 1. The summed E-state index contributed by atoms with van der Waals surface area (Å²) in [6, 6.07) is -3.34. The predicted molar refractivity (Wildman–Crippen MR) is 497 cm³/mol. The van der Waals surface area contributed by atoms with E-state index in [1.54, 1.807) is 0 Å². The zero-order chi connectivity index (χ0) is 90.0. The number of amides is 3. The molecular formula is C99H191N4O18P. The van der Waals surface area contributed by atoms with E-state index in [4.69, 9.17) is 38.7 Å². The molecule has 0 bridgehead atoms. The molecule has 1 heterocycles. The monoisotopic (exact) mass is 1760 g/mol. The minimum Gasteiger partial charge on any atom is -0.462 e. The van der Waals surface area contributed by atoms with Crippen LogP contribution in [0.5, 0.6) is 0 Å². The van der Waals surface area contributed by atoms with Gasteiger partial charge in [-0.2, -0.15) is 0 Å². The van der Waals surface area contributed by atoms with Crippen LogP contribution in [0, 0.1) is 0 Å². The molecule has 1 rings (SSSR count). The molecule has 0 radical (unpaired) electrons. The maximum absolute atomic E-state index is 15.0. The molecule has 3 amide bonds. The number of primary amides is 1. The summed E-state index contributed by atoms with van der Waals surface area (Å²) in [6.07, 6.45) is 54.6. The highest BCUT2D eigenvalue weighted by Crippen LogP contribution is 2.43. The van der Waals surface area contributed by atoms with E-state index < -0.39 is 130 Å². The van der Waals surface area contributed by atoms with Crippen molar-refractivity contribution in [2.24, 2.45) is 5.73 Å². The van der Waals surface area contributed by atoms with Gasteiger partial charge in [0.2, 0.25) is 17.7 Å². The highest BCUT2D eigenvalue weighted by atomic mass is 31.2. The van der Waals surface area contributed by atoms with Gasteiger partial charge in [0.1, 0.15) is 42.6 Å². The summed E-state index contributed by atoms with van der Waals surface area (Å²) in [7, 11) is -5.56. The van der Waals surface area contributed by atoms with Crippen LogP contribution >= 0.6 is 7.82 Å². The maximum Gasteiger partial charge on any atom is 0.470 e. The van der Waals surface area contributed by atoms with E-state index >= 15 is 0 Å². The van der Waals surface area contributed by atoms with Crippen molar-refractivity contribution in [1.82, 2.24) is 15.5 Å². The third kappa shape index (κ3) is 72.2. The average molecular weight is 1760 g/mol. The molecule has 1 fully saturated rings. The quantitative estimate of drug-likeness (QED) is 0.0143. The Kier molecular flexibility index (Phi) is 82.7. The minimum atomic E-state index is -5.56. The van der Waals surface area contributed by atoms with Crippen LogP contribution in [0.3, 0.4) is 0 Å². The fraction of sp³-hybridized carbons (Fsp3) is 0.929. The molecule has 0 aromatic rings. The largest absolute Gasteiger partial charge is 0.470 e. The van der Waals surface area contributed by atoms with Crippen molar-refractivity contribution in [3.63, 3.8) is 0 Å². The summed E-state index contributed by atoms with van der Waals surface area (Å²) in [5.41, 5.74) is 6.04. The first kappa shape index (κ1) is 118. The van der Waals surface area contributed by atoms with Crippen molar-refractivity contribution in [2.45, 2.75) is 560 Å². The van der Waals surface area contributed by atoms with E-state index in [-0.39, 0.29) is 25.7 Å². The number of unbranched alkanes of at least 4 members (excludes halogenated alkanes) is 54. The lowest BCUT2D eigenvalue weighted by molar-refractivity contribution is -0.272. The lowest BCUT2D eigenvalue weighted by Crippen LogP contribution is -2.67. The van der Waals surface area contributed by atoms with Gasteiger partial charge in [-0.15, -0.1) is 0 Å². The number of nitrogens with one attached hydrogen (secondary N) is 2. The molecule has 0 aromatic heterocycles. The number of hydrogen-bond acceptors (Lipinski definition) is 17. The van der Waals surface area contributed by atoms with Gasteiger partial charge in [-0.05, 0) is 77.4 Å². The van der Waals surface area contributed by atoms with Crippen LogP contribution < -0.4 is 16.4 Å². The summed E-state index contributed by atoms with van der Waals surface area (Å²) < 4.78 is 55.6. The van der Waals surface area contributed by atoms with Crippen LogP contribution in [-0.4, -0.2) is 149 Å². The van der Waals surface area contributed by atoms with Crippen LogP contribution in [0.2, 0.25) is 0 Å². The molecule has 23 heteroatoms. The van der Waals surface area contributed by atoms with E-state index in [1.165, 1.54) is 193 Å². The number of phosphoric ester groups is 1. The standard InChI is InChI=1S/C93H176N3O18P.C6H15N/c1-7-13-19-25-31-37-40-46-52-58-64-70-85(100)109-78(67-61-55-49-43-34-28-22-16-10-4)73-83(98)95-81(92(94)104)77-108-93-89(96-84(99)74-79(68-62-56-50-44-35-29-23-17-11-5)110-86(101)71-65-59-53-47-41-38-32-26-20-14-8-2)91(90(82(76-97)112-93)114-115(105,106)107)113-88(103)75-80(69-63-57-51-45-36-30-24-18-12-6)111-87(102)72-66-60-54-48-42-39-33-27-21-15-9-3;1-4-7(5-2)6-3/h78-82,89-91,93,97H,7-77H2,1-6H3,(H2,94,104)(H,95,98)(H,96,99)(H2,105,106,107);4-6H2,1-3H3/t78-,79-,80-,81+,82-,89-,90-,91-,93-;/m1./s1. The highest BCUT2D eigenvalue weighted by Gasteiger charge is 2.53. The van der Waals surface area contributed by atoms with Gasteiger partial charge in [-0.1, -0.05) is 409 Å². The summed E-state index contributed by atoms with van der Waals surface area (Å²) in [5, 5.41) is 16.6. The number of carbonyl (C=O) groups is 7. The summed E-state index contributed by atoms with van der Waals surface area (Å²) >= 11 is 0. The van der Waals surface area contributed by atoms with E-state index in [1.807, 2.05) is 0 Å². The second-order valence-corrected chi connectivity index (χ2v) is 36.7. The fourth-order valence-corrected chi connectivity index (χ4v) is 16.9. The zero-order valence-corrected chi connectivity index (χ0v) is 80.9. The van der Waals surface area contributed by atoms with Crippen molar-refractivity contribution in [1.29, 1.82) is 0 Å². The summed E-state index contributed by atoms with van der Waals surface area (Å²) in [4.78, 5) is 122. The Balaban J connectivity index is 0.0000199. The molecule has 720 valence electrons. The smallest absolute Gasteiger partial charge is 0.462 e. The average Bonchev–Trinajstić information content (AvgIpc) is 0.779. The van der Waals surface area contributed by atoms with Crippen molar-refractivity contribution in [3.8, 4) is 0 Å². The number of aliphatic hydroxyl groups excluding tert-OH is 1. The number of rotatable bonds is 88. The Morgan fingerprint density at radius 1 is 0.369 bits per heavy atom. The van der Waals surface area contributed by atoms with E-state index in [0.29, 0.717) is 57.8 Å². The van der Waals surface area contributed by atoms with Crippen molar-refractivity contribution >= 4 is 49.4 Å². The second-order valence-electron chi connectivity index (χ2n) is 35.5. The number of ether oxygens (including phenoxy) is 6. The van der Waals surface area contributed by atoms with Gasteiger partial charge in [0, 0.05) is 19.3 Å². The van der Waals surface area contributed by atoms with Gasteiger partial charge < -0.3 is 64.6 Å². The number of hydrogen-bond donors (Lipinski definition) is 6. The molecule has 0 saturated carbocycles. The van der Waals surface area contributed by atoms with Gasteiger partial charge >= 0.3 is 31.7 Å². The zero-order valence-electron chi connectivity index (χ0n) is 80.0. The van der Waals surface area contributed by atoms with E-state index in [9.17, 15) is 53.0 Å². The molecule has 1 aliphatic rings. The van der Waals surface area contributed by atoms with Crippen LogP contribution in [0.4, 0.5) is 0 Å². The van der Waals surface area contributed by atoms with Gasteiger partial charge in [0.15, 0.2) is 12.4 Å². The van der Waals surface area contributed by atoms with Crippen LogP contribution in [0.1, 0.15) is 505 Å². The van der Waals surface area contributed by atoms with Crippen molar-refractivity contribution in [2.75, 3.05) is 32.8 Å². The van der Waals surface area contributed by atoms with E-state index in [0.717, 1.165) is 173 Å². The fourth-order valence-electron chi connectivity index (χ4n) is 16.3. The molecule has 0 unspecified atom stereocenters. The Morgan fingerprint density at radius 3 is 0.902 bits per heavy atom. The molecule has 1 saturated heterocycles. The summed E-state index contributed by atoms with van der Waals surface area (Å²) in [5.74, 6) is -4.81. The van der Waals surface area contributed by atoms with E-state index in [2.05, 4.69) is 77.8 Å². The Morgan fingerprint density at radius 2 is 0.639 bits per heavy atom. The lowest BCUT2D eigenvalue weighted by Gasteiger charge is -2.45. The first-order chi connectivity index (χ1) is 59.2. The Bertz CT molecular complexity index is 2490. The van der Waals surface area contributed by atoms with Crippen molar-refractivity contribution < 1.29 is 86.0 Å². The topological polar surface area (TPSA) is 315 Å². The molecule has 0 spiro atoms. The Labute approximate surface area is 746 Å². The predicted octanol–water partition coefficient (Wildman–Crippen LogP) is 24.7.